The number of rotatable bonds is 4. The Morgan fingerprint density at radius 2 is 1.85 bits per heavy atom. The van der Waals surface area contributed by atoms with Crippen LogP contribution in [0.4, 0.5) is 0 Å². The fraction of sp³-hybridized carbons (Fsp3) is 0.778. The zero-order valence-electron chi connectivity index (χ0n) is 8.22. The van der Waals surface area contributed by atoms with E-state index in [-0.39, 0.29) is 19.0 Å². The van der Waals surface area contributed by atoms with Crippen LogP contribution >= 0.6 is 11.6 Å². The summed E-state index contributed by atoms with van der Waals surface area (Å²) in [4.78, 5) is 21.5. The first-order chi connectivity index (χ1) is 5.84. The molecule has 0 saturated carbocycles. The van der Waals surface area contributed by atoms with E-state index in [0.29, 0.717) is 6.42 Å². The van der Waals surface area contributed by atoms with Crippen molar-refractivity contribution < 1.29 is 14.3 Å². The fourth-order valence-corrected chi connectivity index (χ4v) is 0.726. The van der Waals surface area contributed by atoms with Gasteiger partial charge in [-0.05, 0) is 38.8 Å². The van der Waals surface area contributed by atoms with Crippen LogP contribution in [0.3, 0.4) is 0 Å². The maximum absolute atomic E-state index is 11.2. The topological polar surface area (TPSA) is 43.4 Å². The van der Waals surface area contributed by atoms with Gasteiger partial charge in [-0.15, -0.1) is 0 Å². The Balaban J connectivity index is 3.55. The van der Waals surface area contributed by atoms with E-state index in [1.54, 1.807) is 20.8 Å². The SMILES string of the molecule is CC(C)(C)C(=O)OCCCC(=O)Cl. The monoisotopic (exact) mass is 206 g/mol. The lowest BCUT2D eigenvalue weighted by Crippen LogP contribution is -2.23. The van der Waals surface area contributed by atoms with Crippen LogP contribution < -0.4 is 0 Å². The summed E-state index contributed by atoms with van der Waals surface area (Å²) in [6, 6.07) is 0. The molecular weight excluding hydrogens is 192 g/mol. The number of hydrogen-bond acceptors (Lipinski definition) is 3. The maximum atomic E-state index is 11.2. The molecule has 0 N–H and O–H groups in total. The summed E-state index contributed by atoms with van der Waals surface area (Å²) in [6.07, 6.45) is 0.739. The molecule has 0 rings (SSSR count). The van der Waals surface area contributed by atoms with Crippen molar-refractivity contribution >= 4 is 22.8 Å². The van der Waals surface area contributed by atoms with Crippen LogP contribution in [0.1, 0.15) is 33.6 Å². The molecule has 0 aliphatic heterocycles. The largest absolute Gasteiger partial charge is 0.465 e. The average Bonchev–Trinajstić information content (AvgIpc) is 1.95. The minimum atomic E-state index is -0.481. The molecule has 3 nitrogen and oxygen atoms in total. The predicted octanol–water partition coefficient (Wildman–Crippen LogP) is 2.12. The number of carbonyl (C=O) groups excluding carboxylic acids is 2. The van der Waals surface area contributed by atoms with E-state index in [0.717, 1.165) is 0 Å². The summed E-state index contributed by atoms with van der Waals surface area (Å²) in [5.74, 6) is -0.255. The van der Waals surface area contributed by atoms with E-state index in [1.165, 1.54) is 0 Å². The van der Waals surface area contributed by atoms with Crippen LogP contribution in [0, 0.1) is 5.41 Å². The van der Waals surface area contributed by atoms with Gasteiger partial charge in [0.25, 0.3) is 0 Å². The number of ether oxygens (including phenoxy) is 1. The van der Waals surface area contributed by atoms with E-state index >= 15 is 0 Å². The highest BCUT2D eigenvalue weighted by Crippen LogP contribution is 2.15. The molecule has 0 aromatic rings. The molecule has 0 aliphatic rings. The minimum Gasteiger partial charge on any atom is -0.465 e. The van der Waals surface area contributed by atoms with Crippen LogP contribution in [0.5, 0.6) is 0 Å². The lowest BCUT2D eigenvalue weighted by molar-refractivity contribution is -0.153. The second kappa shape index (κ2) is 5.22. The van der Waals surface area contributed by atoms with Gasteiger partial charge >= 0.3 is 5.97 Å². The second-order valence-corrected chi connectivity index (χ2v) is 4.27. The second-order valence-electron chi connectivity index (χ2n) is 3.84. The molecule has 0 aromatic carbocycles. The van der Waals surface area contributed by atoms with Crippen LogP contribution in [-0.2, 0) is 14.3 Å². The fourth-order valence-electron chi connectivity index (χ4n) is 0.593. The highest BCUT2D eigenvalue weighted by atomic mass is 35.5. The number of esters is 1. The number of carbonyl (C=O) groups is 2. The van der Waals surface area contributed by atoms with Crippen molar-refractivity contribution in [3.05, 3.63) is 0 Å². The van der Waals surface area contributed by atoms with Gasteiger partial charge in [0.2, 0.25) is 5.24 Å². The molecule has 76 valence electrons. The molecule has 0 bridgehead atoms. The van der Waals surface area contributed by atoms with E-state index < -0.39 is 10.7 Å². The lowest BCUT2D eigenvalue weighted by atomic mass is 9.97. The Bertz CT molecular complexity index is 194. The zero-order chi connectivity index (χ0) is 10.5. The van der Waals surface area contributed by atoms with Gasteiger partial charge in [-0.2, -0.15) is 0 Å². The highest BCUT2D eigenvalue weighted by Gasteiger charge is 2.22. The van der Waals surface area contributed by atoms with Crippen molar-refractivity contribution in [3.8, 4) is 0 Å². The Hall–Kier alpha value is -0.570. The van der Waals surface area contributed by atoms with E-state index in [9.17, 15) is 9.59 Å². The molecule has 13 heavy (non-hydrogen) atoms. The Morgan fingerprint density at radius 3 is 2.23 bits per heavy atom. The molecule has 0 aliphatic carbocycles. The molecule has 0 heterocycles. The van der Waals surface area contributed by atoms with Gasteiger partial charge in [0.15, 0.2) is 0 Å². The quantitative estimate of drug-likeness (QED) is 0.402. The van der Waals surface area contributed by atoms with Crippen LogP contribution in [-0.4, -0.2) is 17.8 Å². The number of halogens is 1. The van der Waals surface area contributed by atoms with Gasteiger partial charge in [0.05, 0.1) is 12.0 Å². The lowest BCUT2D eigenvalue weighted by Gasteiger charge is -2.16. The van der Waals surface area contributed by atoms with Gasteiger partial charge in [-0.1, -0.05) is 0 Å². The molecule has 4 heteroatoms. The van der Waals surface area contributed by atoms with Crippen LogP contribution in [0.2, 0.25) is 0 Å². The average molecular weight is 207 g/mol. The molecule has 0 radical (unpaired) electrons. The van der Waals surface area contributed by atoms with Crippen molar-refractivity contribution in [3.63, 3.8) is 0 Å². The molecular formula is C9H15ClO3. The summed E-state index contributed by atoms with van der Waals surface area (Å²) in [7, 11) is 0. The zero-order valence-corrected chi connectivity index (χ0v) is 8.98. The van der Waals surface area contributed by atoms with Gasteiger partial charge in [0.1, 0.15) is 0 Å². The van der Waals surface area contributed by atoms with E-state index in [2.05, 4.69) is 0 Å². The Labute approximate surface area is 83.4 Å². The van der Waals surface area contributed by atoms with Crippen LogP contribution in [0.15, 0.2) is 0 Å². The molecule has 0 amide bonds. The normalized spacial score (nSPS) is 11.1. The van der Waals surface area contributed by atoms with Crippen molar-refractivity contribution in [2.24, 2.45) is 5.41 Å². The van der Waals surface area contributed by atoms with Crippen LogP contribution in [0.25, 0.3) is 0 Å². The Kier molecular flexibility index (Phi) is 4.99. The summed E-state index contributed by atoms with van der Waals surface area (Å²) in [5.41, 5.74) is -0.481. The molecule has 0 spiro atoms. The smallest absolute Gasteiger partial charge is 0.311 e. The maximum Gasteiger partial charge on any atom is 0.311 e. The molecule has 0 saturated heterocycles. The number of hydrogen-bond donors (Lipinski definition) is 0. The molecule has 0 unspecified atom stereocenters. The van der Waals surface area contributed by atoms with Crippen molar-refractivity contribution in [1.82, 2.24) is 0 Å². The summed E-state index contributed by atoms with van der Waals surface area (Å²) < 4.78 is 4.91. The summed E-state index contributed by atoms with van der Waals surface area (Å²) in [5, 5.41) is -0.396. The molecule has 0 atom stereocenters. The van der Waals surface area contributed by atoms with Gasteiger partial charge < -0.3 is 4.74 Å². The van der Waals surface area contributed by atoms with Crippen molar-refractivity contribution in [2.75, 3.05) is 6.61 Å². The standard InChI is InChI=1S/C9H15ClO3/c1-9(2,3)8(12)13-6-4-5-7(10)11/h4-6H2,1-3H3. The van der Waals surface area contributed by atoms with E-state index in [4.69, 9.17) is 16.3 Å². The Morgan fingerprint density at radius 1 is 1.31 bits per heavy atom. The minimum absolute atomic E-state index is 0.249. The van der Waals surface area contributed by atoms with E-state index in [1.807, 2.05) is 0 Å². The third kappa shape index (κ3) is 6.58. The van der Waals surface area contributed by atoms with Gasteiger partial charge in [-0.25, -0.2) is 0 Å². The predicted molar refractivity (Wildman–Crippen MR) is 50.5 cm³/mol. The third-order valence-electron chi connectivity index (χ3n) is 1.36. The third-order valence-corrected chi connectivity index (χ3v) is 1.55. The first kappa shape index (κ1) is 12.4. The first-order valence-corrected chi connectivity index (χ1v) is 4.57. The summed E-state index contributed by atoms with van der Waals surface area (Å²) >= 11 is 5.10. The summed E-state index contributed by atoms with van der Waals surface area (Å²) in [6.45, 7) is 5.60. The van der Waals surface area contributed by atoms with Gasteiger partial charge in [-0.3, -0.25) is 9.59 Å². The first-order valence-electron chi connectivity index (χ1n) is 4.19. The van der Waals surface area contributed by atoms with Crippen molar-refractivity contribution in [2.45, 2.75) is 33.6 Å². The highest BCUT2D eigenvalue weighted by molar-refractivity contribution is 6.63. The molecule has 0 aromatic heterocycles. The molecule has 0 fully saturated rings. The van der Waals surface area contributed by atoms with Gasteiger partial charge in [0, 0.05) is 6.42 Å². The van der Waals surface area contributed by atoms with Crippen molar-refractivity contribution in [1.29, 1.82) is 0 Å².